The average Bonchev–Trinajstić information content (AvgIpc) is 2.73. The topological polar surface area (TPSA) is 92.5 Å². The summed E-state index contributed by atoms with van der Waals surface area (Å²) < 4.78 is 26.9. The Bertz CT molecular complexity index is 616. The molecule has 1 aromatic carbocycles. The van der Waals surface area contributed by atoms with E-state index in [4.69, 9.17) is 5.73 Å². The van der Waals surface area contributed by atoms with Gasteiger partial charge in [-0.3, -0.25) is 4.79 Å². The molecule has 1 unspecified atom stereocenters. The molecule has 7 heteroatoms. The number of hydrogen-bond acceptors (Lipinski definition) is 4. The lowest BCUT2D eigenvalue weighted by atomic mass is 10.2. The van der Waals surface area contributed by atoms with E-state index in [1.807, 2.05) is 0 Å². The minimum Gasteiger partial charge on any atom is -0.399 e. The molecule has 0 radical (unpaired) electrons. The zero-order valence-corrected chi connectivity index (χ0v) is 12.9. The second-order valence-electron chi connectivity index (χ2n) is 5.47. The van der Waals surface area contributed by atoms with Gasteiger partial charge in [0.2, 0.25) is 15.9 Å². The van der Waals surface area contributed by atoms with Gasteiger partial charge < -0.3 is 10.6 Å². The van der Waals surface area contributed by atoms with Crippen molar-refractivity contribution in [1.82, 2.24) is 9.62 Å². The highest BCUT2D eigenvalue weighted by Crippen LogP contribution is 2.12. The van der Waals surface area contributed by atoms with Crippen molar-refractivity contribution in [3.05, 3.63) is 29.8 Å². The van der Waals surface area contributed by atoms with Crippen LogP contribution in [0.15, 0.2) is 24.3 Å². The lowest BCUT2D eigenvalue weighted by Gasteiger charge is -2.21. The fourth-order valence-corrected chi connectivity index (χ4v) is 3.90. The Hall–Kier alpha value is -1.60. The van der Waals surface area contributed by atoms with Crippen LogP contribution in [-0.4, -0.2) is 38.4 Å². The molecule has 1 aliphatic rings. The highest BCUT2D eigenvalue weighted by atomic mass is 32.2. The number of benzene rings is 1. The third-order valence-electron chi connectivity index (χ3n) is 3.35. The molecule has 1 aromatic rings. The molecule has 1 saturated heterocycles. The van der Waals surface area contributed by atoms with Crippen LogP contribution in [0.1, 0.15) is 25.3 Å². The van der Waals surface area contributed by atoms with E-state index >= 15 is 0 Å². The van der Waals surface area contributed by atoms with E-state index in [9.17, 15) is 13.2 Å². The van der Waals surface area contributed by atoms with E-state index in [0.717, 1.165) is 6.42 Å². The number of sulfonamides is 1. The Kier molecular flexibility index (Phi) is 4.84. The number of nitrogens with one attached hydrogen (secondary N) is 1. The molecule has 116 valence electrons. The number of amides is 1. The van der Waals surface area contributed by atoms with Gasteiger partial charge in [0.15, 0.2) is 0 Å². The number of likely N-dealkylation sites (tertiary alicyclic amines) is 1. The molecule has 1 amide bonds. The van der Waals surface area contributed by atoms with Crippen LogP contribution >= 0.6 is 0 Å². The minimum absolute atomic E-state index is 0.0943. The van der Waals surface area contributed by atoms with Crippen LogP contribution in [-0.2, 0) is 20.6 Å². The van der Waals surface area contributed by atoms with Crippen LogP contribution in [0.4, 0.5) is 5.69 Å². The number of hydrogen-bond donors (Lipinski definition) is 2. The summed E-state index contributed by atoms with van der Waals surface area (Å²) in [6, 6.07) is 6.51. The first-order chi connectivity index (χ1) is 9.85. The predicted molar refractivity (Wildman–Crippen MR) is 81.9 cm³/mol. The van der Waals surface area contributed by atoms with Crippen molar-refractivity contribution in [2.75, 3.05) is 18.8 Å². The standard InChI is InChI=1S/C14H21N3O3S/c1-11(9-17-7-3-6-14(17)18)16-21(19,20)10-12-4-2-5-13(15)8-12/h2,4-5,8,11,16H,3,6-7,9-10,15H2,1H3. The van der Waals surface area contributed by atoms with Crippen LogP contribution in [0.5, 0.6) is 0 Å². The van der Waals surface area contributed by atoms with Gasteiger partial charge in [-0.05, 0) is 31.0 Å². The number of nitrogens with two attached hydrogens (primary N) is 1. The summed E-state index contributed by atoms with van der Waals surface area (Å²) in [6.07, 6.45) is 1.41. The number of anilines is 1. The Balaban J connectivity index is 1.92. The average molecular weight is 311 g/mol. The van der Waals surface area contributed by atoms with E-state index in [1.165, 1.54) is 0 Å². The van der Waals surface area contributed by atoms with Gasteiger partial charge in [-0.2, -0.15) is 0 Å². The van der Waals surface area contributed by atoms with Crippen molar-refractivity contribution in [1.29, 1.82) is 0 Å². The first-order valence-electron chi connectivity index (χ1n) is 6.98. The zero-order chi connectivity index (χ0) is 15.5. The molecule has 1 heterocycles. The molecule has 1 fully saturated rings. The number of carbonyl (C=O) groups excluding carboxylic acids is 1. The molecule has 1 atom stereocenters. The predicted octanol–water partition coefficient (Wildman–Crippen LogP) is 0.699. The van der Waals surface area contributed by atoms with Gasteiger partial charge in [-0.25, -0.2) is 13.1 Å². The van der Waals surface area contributed by atoms with Crippen LogP contribution in [0.25, 0.3) is 0 Å². The molecular formula is C14H21N3O3S. The number of nitrogens with zero attached hydrogens (tertiary/aromatic N) is 1. The Morgan fingerprint density at radius 3 is 2.81 bits per heavy atom. The molecule has 0 bridgehead atoms. The maximum atomic E-state index is 12.1. The normalized spacial score (nSPS) is 17.2. The number of rotatable bonds is 6. The van der Waals surface area contributed by atoms with Crippen LogP contribution in [0, 0.1) is 0 Å². The van der Waals surface area contributed by atoms with Gasteiger partial charge in [-0.15, -0.1) is 0 Å². The maximum Gasteiger partial charge on any atom is 0.222 e. The van der Waals surface area contributed by atoms with Crippen molar-refractivity contribution in [2.24, 2.45) is 0 Å². The molecule has 0 saturated carbocycles. The van der Waals surface area contributed by atoms with Crippen molar-refractivity contribution in [3.63, 3.8) is 0 Å². The van der Waals surface area contributed by atoms with E-state index in [0.29, 0.717) is 30.8 Å². The van der Waals surface area contributed by atoms with Crippen LogP contribution < -0.4 is 10.5 Å². The van der Waals surface area contributed by atoms with Gasteiger partial charge in [0.05, 0.1) is 5.75 Å². The molecular weight excluding hydrogens is 290 g/mol. The summed E-state index contributed by atoms with van der Waals surface area (Å²) in [5.74, 6) is -0.0204. The number of carbonyl (C=O) groups is 1. The zero-order valence-electron chi connectivity index (χ0n) is 12.1. The van der Waals surface area contributed by atoms with Crippen LogP contribution in [0.2, 0.25) is 0 Å². The molecule has 0 spiro atoms. The van der Waals surface area contributed by atoms with Gasteiger partial charge in [0, 0.05) is 31.2 Å². The quantitative estimate of drug-likeness (QED) is 0.756. The molecule has 2 rings (SSSR count). The monoisotopic (exact) mass is 311 g/mol. The SMILES string of the molecule is CC(CN1CCCC1=O)NS(=O)(=O)Cc1cccc(N)c1. The summed E-state index contributed by atoms with van der Waals surface area (Å²) >= 11 is 0. The third kappa shape index (κ3) is 4.71. The highest BCUT2D eigenvalue weighted by molar-refractivity contribution is 7.88. The van der Waals surface area contributed by atoms with Gasteiger partial charge in [-0.1, -0.05) is 12.1 Å². The van der Waals surface area contributed by atoms with E-state index in [1.54, 1.807) is 36.1 Å². The first kappa shape index (κ1) is 15.8. The van der Waals surface area contributed by atoms with Crippen molar-refractivity contribution < 1.29 is 13.2 Å². The third-order valence-corrected chi connectivity index (χ3v) is 4.83. The lowest BCUT2D eigenvalue weighted by molar-refractivity contribution is -0.127. The molecule has 21 heavy (non-hydrogen) atoms. The minimum atomic E-state index is -3.45. The van der Waals surface area contributed by atoms with Crippen molar-refractivity contribution >= 4 is 21.6 Å². The fraction of sp³-hybridized carbons (Fsp3) is 0.500. The highest BCUT2D eigenvalue weighted by Gasteiger charge is 2.23. The van der Waals surface area contributed by atoms with Crippen LogP contribution in [0.3, 0.4) is 0 Å². The van der Waals surface area contributed by atoms with E-state index in [2.05, 4.69) is 4.72 Å². The first-order valence-corrected chi connectivity index (χ1v) is 8.63. The van der Waals surface area contributed by atoms with Crippen molar-refractivity contribution in [3.8, 4) is 0 Å². The number of nitrogen functional groups attached to an aromatic ring is 1. The second kappa shape index (κ2) is 6.44. The lowest BCUT2D eigenvalue weighted by Crippen LogP contribution is -2.42. The van der Waals surface area contributed by atoms with Gasteiger partial charge in [0.1, 0.15) is 0 Å². The second-order valence-corrected chi connectivity index (χ2v) is 7.22. The molecule has 3 N–H and O–H groups in total. The van der Waals surface area contributed by atoms with Gasteiger partial charge in [0.25, 0.3) is 0 Å². The fourth-order valence-electron chi connectivity index (χ4n) is 2.52. The summed E-state index contributed by atoms with van der Waals surface area (Å²) in [7, 11) is -3.45. The summed E-state index contributed by atoms with van der Waals surface area (Å²) in [5, 5.41) is 0. The van der Waals surface area contributed by atoms with Gasteiger partial charge >= 0.3 is 0 Å². The largest absolute Gasteiger partial charge is 0.399 e. The molecule has 1 aliphatic heterocycles. The maximum absolute atomic E-state index is 12.1. The summed E-state index contributed by atoms with van der Waals surface area (Å²) in [5.41, 5.74) is 6.83. The van der Waals surface area contributed by atoms with E-state index in [-0.39, 0.29) is 17.7 Å². The Morgan fingerprint density at radius 1 is 1.43 bits per heavy atom. The molecule has 0 aromatic heterocycles. The van der Waals surface area contributed by atoms with Crippen molar-refractivity contribution in [2.45, 2.75) is 31.6 Å². The molecule has 0 aliphatic carbocycles. The Labute approximate surface area is 125 Å². The smallest absolute Gasteiger partial charge is 0.222 e. The molecule has 6 nitrogen and oxygen atoms in total. The summed E-state index contributed by atoms with van der Waals surface area (Å²) in [4.78, 5) is 13.2. The Morgan fingerprint density at radius 2 is 2.19 bits per heavy atom. The summed E-state index contributed by atoms with van der Waals surface area (Å²) in [6.45, 7) is 2.89. The van der Waals surface area contributed by atoms with E-state index < -0.39 is 10.0 Å².